The van der Waals surface area contributed by atoms with Crippen LogP contribution in [0.2, 0.25) is 0 Å². The maximum Gasteiger partial charge on any atom is 0.315 e. The molecule has 8 nitrogen and oxygen atoms in total. The number of fused-ring (bicyclic) bond motifs is 1. The molecular weight excluding hydrogens is 346 g/mol. The number of aromatic nitrogens is 2. The molecule has 0 fully saturated rings. The highest BCUT2D eigenvalue weighted by Gasteiger charge is 2.22. The normalized spacial score (nSPS) is 12.1. The lowest BCUT2D eigenvalue weighted by Crippen LogP contribution is -2.43. The predicted octanol–water partition coefficient (Wildman–Crippen LogP) is 2.47. The minimum Gasteiger partial charge on any atom is -0.467 e. The van der Waals surface area contributed by atoms with Crippen molar-refractivity contribution in [1.29, 1.82) is 0 Å². The average molecular weight is 369 g/mol. The van der Waals surface area contributed by atoms with Gasteiger partial charge in [0.15, 0.2) is 0 Å². The van der Waals surface area contributed by atoms with Gasteiger partial charge in [-0.15, -0.1) is 0 Å². The number of amides is 3. The lowest BCUT2D eigenvalue weighted by atomic mass is 10.0. The van der Waals surface area contributed by atoms with Crippen LogP contribution in [0.5, 0.6) is 0 Å². The molecule has 3 rings (SSSR count). The number of rotatable bonds is 7. The van der Waals surface area contributed by atoms with Crippen LogP contribution in [0.15, 0.2) is 47.1 Å². The zero-order valence-corrected chi connectivity index (χ0v) is 15.3. The molecule has 0 bridgehead atoms. The van der Waals surface area contributed by atoms with Gasteiger partial charge >= 0.3 is 6.03 Å². The quantitative estimate of drug-likeness (QED) is 0.512. The summed E-state index contributed by atoms with van der Waals surface area (Å²) in [5.74, 6) is 1.17. The molecule has 4 N–H and O–H groups in total. The molecule has 0 aliphatic rings. The van der Waals surface area contributed by atoms with Crippen molar-refractivity contribution in [3.05, 3.63) is 54.2 Å². The maximum absolute atomic E-state index is 12.3. The van der Waals surface area contributed by atoms with Crippen molar-refractivity contribution in [2.24, 2.45) is 5.92 Å². The highest BCUT2D eigenvalue weighted by atomic mass is 16.3. The lowest BCUT2D eigenvalue weighted by Gasteiger charge is -2.20. The summed E-state index contributed by atoms with van der Waals surface area (Å²) in [5.41, 5.74) is 1.77. The fourth-order valence-electron chi connectivity index (χ4n) is 2.70. The van der Waals surface area contributed by atoms with Gasteiger partial charge in [0.2, 0.25) is 5.91 Å². The van der Waals surface area contributed by atoms with Gasteiger partial charge < -0.3 is 25.4 Å². The molecule has 8 heteroatoms. The molecule has 1 aromatic carbocycles. The Hall–Kier alpha value is -3.29. The van der Waals surface area contributed by atoms with Crippen LogP contribution in [0.25, 0.3) is 11.0 Å². The Labute approximate surface area is 156 Å². The summed E-state index contributed by atoms with van der Waals surface area (Å²) in [6, 6.07) is 10.5. The average Bonchev–Trinajstić information content (AvgIpc) is 3.31. The molecule has 0 aliphatic heterocycles. The monoisotopic (exact) mass is 369 g/mol. The molecule has 0 spiro atoms. The summed E-state index contributed by atoms with van der Waals surface area (Å²) in [4.78, 5) is 31.9. The number of furan rings is 1. The molecule has 2 aromatic heterocycles. The van der Waals surface area contributed by atoms with Crippen LogP contribution in [-0.4, -0.2) is 28.5 Å². The first-order valence-corrected chi connectivity index (χ1v) is 8.81. The van der Waals surface area contributed by atoms with E-state index < -0.39 is 6.03 Å². The number of urea groups is 1. The van der Waals surface area contributed by atoms with Gasteiger partial charge in [-0.3, -0.25) is 4.79 Å². The summed E-state index contributed by atoms with van der Waals surface area (Å²) in [6.45, 7) is 4.13. The van der Waals surface area contributed by atoms with Crippen molar-refractivity contribution in [2.45, 2.75) is 26.4 Å². The molecule has 0 saturated carbocycles. The van der Waals surface area contributed by atoms with Crippen molar-refractivity contribution in [2.75, 3.05) is 6.54 Å². The number of nitrogens with zero attached hydrogens (tertiary/aromatic N) is 1. The second kappa shape index (κ2) is 8.39. The van der Waals surface area contributed by atoms with E-state index in [-0.39, 0.29) is 31.0 Å². The topological polar surface area (TPSA) is 112 Å². The Kier molecular flexibility index (Phi) is 5.75. The van der Waals surface area contributed by atoms with Crippen molar-refractivity contribution in [3.8, 4) is 0 Å². The number of imidazole rings is 1. The summed E-state index contributed by atoms with van der Waals surface area (Å²) >= 11 is 0. The fourth-order valence-corrected chi connectivity index (χ4v) is 2.70. The lowest BCUT2D eigenvalue weighted by molar-refractivity contribution is -0.121. The summed E-state index contributed by atoms with van der Waals surface area (Å²) in [5, 5.41) is 8.08. The summed E-state index contributed by atoms with van der Waals surface area (Å²) < 4.78 is 5.13. The fraction of sp³-hybridized carbons (Fsp3) is 0.316. The van der Waals surface area contributed by atoms with E-state index in [1.165, 1.54) is 6.26 Å². The number of aromatic amines is 1. The number of hydrogen-bond donors (Lipinski definition) is 4. The van der Waals surface area contributed by atoms with Gasteiger partial charge in [-0.1, -0.05) is 26.0 Å². The zero-order valence-electron chi connectivity index (χ0n) is 15.3. The van der Waals surface area contributed by atoms with E-state index >= 15 is 0 Å². The highest BCUT2D eigenvalue weighted by molar-refractivity contribution is 5.84. The molecule has 0 aliphatic carbocycles. The first-order valence-electron chi connectivity index (χ1n) is 8.81. The maximum atomic E-state index is 12.3. The van der Waals surface area contributed by atoms with Crippen LogP contribution >= 0.6 is 0 Å². The van der Waals surface area contributed by atoms with Gasteiger partial charge in [0, 0.05) is 0 Å². The number of benzene rings is 1. The molecule has 1 unspecified atom stereocenters. The number of H-pyrrole nitrogens is 1. The van der Waals surface area contributed by atoms with Crippen molar-refractivity contribution < 1.29 is 14.0 Å². The summed E-state index contributed by atoms with van der Waals surface area (Å²) in [6.07, 6.45) is 1.53. The molecule has 1 atom stereocenters. The third-order valence-corrected chi connectivity index (χ3v) is 4.10. The molecule has 2 heterocycles. The summed E-state index contributed by atoms with van der Waals surface area (Å²) in [7, 11) is 0. The van der Waals surface area contributed by atoms with Gasteiger partial charge in [0.1, 0.15) is 11.6 Å². The zero-order chi connectivity index (χ0) is 19.2. The SMILES string of the molecule is CC(C)C(NC(=O)CNC(=O)NCc1ccco1)c1nc2ccccc2[nH]1. The van der Waals surface area contributed by atoms with Crippen molar-refractivity contribution >= 4 is 23.0 Å². The van der Waals surface area contributed by atoms with E-state index in [1.807, 2.05) is 38.1 Å². The van der Waals surface area contributed by atoms with E-state index in [1.54, 1.807) is 12.1 Å². The molecule has 27 heavy (non-hydrogen) atoms. The number of nitrogens with one attached hydrogen (secondary N) is 4. The van der Waals surface area contributed by atoms with Crippen LogP contribution in [0.1, 0.15) is 31.5 Å². The predicted molar refractivity (Wildman–Crippen MR) is 101 cm³/mol. The Morgan fingerprint density at radius 3 is 2.67 bits per heavy atom. The molecule has 3 aromatic rings. The number of carbonyl (C=O) groups is 2. The third-order valence-electron chi connectivity index (χ3n) is 4.10. The Balaban J connectivity index is 1.53. The Morgan fingerprint density at radius 2 is 1.96 bits per heavy atom. The van der Waals surface area contributed by atoms with E-state index in [9.17, 15) is 9.59 Å². The van der Waals surface area contributed by atoms with Gasteiger partial charge in [-0.05, 0) is 30.2 Å². The Morgan fingerprint density at radius 1 is 1.15 bits per heavy atom. The number of carbonyl (C=O) groups excluding carboxylic acids is 2. The highest BCUT2D eigenvalue weighted by Crippen LogP contribution is 2.21. The van der Waals surface area contributed by atoms with Crippen LogP contribution in [-0.2, 0) is 11.3 Å². The second-order valence-electron chi connectivity index (χ2n) is 6.54. The standard InChI is InChI=1S/C19H23N5O3/c1-12(2)17(18-22-14-7-3-4-8-15(14)23-18)24-16(25)11-21-19(26)20-10-13-6-5-9-27-13/h3-9,12,17H,10-11H2,1-2H3,(H,22,23)(H,24,25)(H2,20,21,26). The number of para-hydroxylation sites is 2. The Bertz CT molecular complexity index is 868. The van der Waals surface area contributed by atoms with Gasteiger partial charge in [-0.25, -0.2) is 9.78 Å². The van der Waals surface area contributed by atoms with Crippen LogP contribution in [0.4, 0.5) is 4.79 Å². The molecule has 142 valence electrons. The molecular formula is C19H23N5O3. The van der Waals surface area contributed by atoms with Crippen molar-refractivity contribution in [1.82, 2.24) is 25.9 Å². The van der Waals surface area contributed by atoms with Gasteiger partial charge in [0.05, 0.1) is 36.4 Å². The second-order valence-corrected chi connectivity index (χ2v) is 6.54. The molecule has 0 saturated heterocycles. The van der Waals surface area contributed by atoms with E-state index in [4.69, 9.17) is 4.42 Å². The van der Waals surface area contributed by atoms with Gasteiger partial charge in [-0.2, -0.15) is 0 Å². The first kappa shape index (κ1) is 18.5. The van der Waals surface area contributed by atoms with Crippen LogP contribution in [0, 0.1) is 5.92 Å². The molecule has 3 amide bonds. The smallest absolute Gasteiger partial charge is 0.315 e. The largest absolute Gasteiger partial charge is 0.467 e. The van der Waals surface area contributed by atoms with Crippen LogP contribution in [0.3, 0.4) is 0 Å². The van der Waals surface area contributed by atoms with Crippen molar-refractivity contribution in [3.63, 3.8) is 0 Å². The third kappa shape index (κ3) is 4.87. The van der Waals surface area contributed by atoms with E-state index in [0.717, 1.165) is 11.0 Å². The minimum atomic E-state index is -0.439. The van der Waals surface area contributed by atoms with E-state index in [2.05, 4.69) is 25.9 Å². The first-order chi connectivity index (χ1) is 13.0. The molecule has 0 radical (unpaired) electrons. The van der Waals surface area contributed by atoms with Crippen LogP contribution < -0.4 is 16.0 Å². The van der Waals surface area contributed by atoms with Gasteiger partial charge in [0.25, 0.3) is 0 Å². The minimum absolute atomic E-state index is 0.127. The van der Waals surface area contributed by atoms with E-state index in [0.29, 0.717) is 11.6 Å². The number of hydrogen-bond acceptors (Lipinski definition) is 4.